The van der Waals surface area contributed by atoms with Gasteiger partial charge in [0.15, 0.2) is 0 Å². The van der Waals surface area contributed by atoms with Crippen molar-refractivity contribution in [1.82, 2.24) is 15.8 Å². The van der Waals surface area contributed by atoms with Gasteiger partial charge in [-0.3, -0.25) is 0 Å². The summed E-state index contributed by atoms with van der Waals surface area (Å²) in [6.07, 6.45) is -0.273. The molecule has 0 saturated carbocycles. The maximum Gasteiger partial charge on any atom is 0.297 e. The summed E-state index contributed by atoms with van der Waals surface area (Å²) in [6, 6.07) is 0. The maximum absolute atomic E-state index is 11.8. The van der Waals surface area contributed by atoms with Crippen LogP contribution in [0.2, 0.25) is 0 Å². The average molecular weight is 137 g/mol. The number of halogens is 2. The first-order valence-electron chi connectivity index (χ1n) is 2.74. The highest BCUT2D eigenvalue weighted by Crippen LogP contribution is 2.07. The minimum atomic E-state index is -2.37. The summed E-state index contributed by atoms with van der Waals surface area (Å²) in [7, 11) is 0. The summed E-state index contributed by atoms with van der Waals surface area (Å²) < 4.78 is 23.7. The number of alkyl halides is 2. The Hall–Kier alpha value is -0.260. The zero-order valence-electron chi connectivity index (χ0n) is 5.06. The lowest BCUT2D eigenvalue weighted by atomic mass is 10.5. The Morgan fingerprint density at radius 1 is 1.67 bits per heavy atom. The van der Waals surface area contributed by atoms with E-state index in [2.05, 4.69) is 10.9 Å². The van der Waals surface area contributed by atoms with Crippen LogP contribution in [0.1, 0.15) is 6.92 Å². The second-order valence-electron chi connectivity index (χ2n) is 1.95. The molecular weight excluding hydrogens is 128 g/mol. The Labute approximate surface area is 52.0 Å². The normalized spacial score (nSPS) is 30.0. The molecule has 1 aliphatic rings. The lowest BCUT2D eigenvalue weighted by Crippen LogP contribution is -2.36. The fourth-order valence-corrected chi connectivity index (χ4v) is 0.743. The van der Waals surface area contributed by atoms with Gasteiger partial charge in [0, 0.05) is 0 Å². The van der Waals surface area contributed by atoms with Gasteiger partial charge in [-0.1, -0.05) is 0 Å². The number of nitrogens with one attached hydrogen (secondary N) is 2. The fraction of sp³-hybridized carbons (Fsp3) is 1.00. The predicted octanol–water partition coefficient (Wildman–Crippen LogP) is -0.0777. The van der Waals surface area contributed by atoms with E-state index in [1.807, 2.05) is 0 Å². The molecule has 54 valence electrons. The Morgan fingerprint density at radius 2 is 2.33 bits per heavy atom. The van der Waals surface area contributed by atoms with Crippen LogP contribution in [0.15, 0.2) is 0 Å². The van der Waals surface area contributed by atoms with Gasteiger partial charge in [0.2, 0.25) is 0 Å². The van der Waals surface area contributed by atoms with Crippen molar-refractivity contribution in [3.8, 4) is 0 Å². The monoisotopic (exact) mass is 137 g/mol. The van der Waals surface area contributed by atoms with Gasteiger partial charge >= 0.3 is 0 Å². The summed E-state index contributed by atoms with van der Waals surface area (Å²) >= 11 is 0. The van der Waals surface area contributed by atoms with Crippen molar-refractivity contribution in [2.24, 2.45) is 0 Å². The van der Waals surface area contributed by atoms with Crippen LogP contribution in [0.3, 0.4) is 0 Å². The molecule has 1 atom stereocenters. The Morgan fingerprint density at radius 3 is 2.56 bits per heavy atom. The molecule has 0 radical (unpaired) electrons. The molecule has 0 aromatic rings. The summed E-state index contributed by atoms with van der Waals surface area (Å²) in [6.45, 7) is -0.493. The van der Waals surface area contributed by atoms with Crippen molar-refractivity contribution < 1.29 is 8.78 Å². The van der Waals surface area contributed by atoms with E-state index in [0.29, 0.717) is 0 Å². The van der Waals surface area contributed by atoms with Crippen LogP contribution < -0.4 is 10.9 Å². The zero-order chi connectivity index (χ0) is 6.85. The highest BCUT2D eigenvalue weighted by atomic mass is 19.3. The zero-order valence-corrected chi connectivity index (χ0v) is 5.06. The first-order chi connectivity index (χ1) is 4.22. The van der Waals surface area contributed by atoms with Gasteiger partial charge in [0.1, 0.15) is 0 Å². The molecule has 0 bridgehead atoms. The first-order valence-corrected chi connectivity index (χ1v) is 2.74. The van der Waals surface area contributed by atoms with E-state index >= 15 is 0 Å². The number of nitrogens with zero attached hydrogens (tertiary/aromatic N) is 1. The molecule has 0 amide bonds. The molecule has 2 N–H and O–H groups in total. The third-order valence-electron chi connectivity index (χ3n) is 1.32. The summed E-state index contributed by atoms with van der Waals surface area (Å²) in [5.74, 6) is 0. The van der Waals surface area contributed by atoms with Gasteiger partial charge in [-0.2, -0.15) is 8.78 Å². The number of rotatable bonds is 1. The van der Waals surface area contributed by atoms with Crippen LogP contribution >= 0.6 is 0 Å². The molecule has 1 heterocycles. The third-order valence-corrected chi connectivity index (χ3v) is 1.32. The molecule has 1 rings (SSSR count). The van der Waals surface area contributed by atoms with E-state index in [1.165, 1.54) is 0 Å². The Bertz CT molecular complexity index is 97.8. The molecule has 1 fully saturated rings. The maximum atomic E-state index is 11.8. The first kappa shape index (κ1) is 6.85. The summed E-state index contributed by atoms with van der Waals surface area (Å²) in [4.78, 5) is 1.01. The quantitative estimate of drug-likeness (QED) is 0.495. The Balaban J connectivity index is 2.40. The lowest BCUT2D eigenvalue weighted by molar-refractivity contribution is -0.0340. The number of hydrogen-bond acceptors (Lipinski definition) is 3. The molecule has 0 aromatic carbocycles. The molecular formula is C4H9F2N3. The number of hydrogen-bond donors (Lipinski definition) is 2. The molecule has 3 nitrogen and oxygen atoms in total. The molecule has 1 unspecified atom stereocenters. The summed E-state index contributed by atoms with van der Waals surface area (Å²) in [5, 5.41) is 0. The molecule has 1 aliphatic heterocycles. The molecule has 0 spiro atoms. The van der Waals surface area contributed by atoms with E-state index < -0.39 is 6.55 Å². The van der Waals surface area contributed by atoms with Crippen molar-refractivity contribution in [3.05, 3.63) is 0 Å². The van der Waals surface area contributed by atoms with Crippen molar-refractivity contribution in [1.29, 1.82) is 0 Å². The SMILES string of the molecule is CC1NNCN1C(F)F. The van der Waals surface area contributed by atoms with E-state index in [9.17, 15) is 8.78 Å². The van der Waals surface area contributed by atoms with Gasteiger partial charge in [-0.05, 0) is 6.92 Å². The van der Waals surface area contributed by atoms with Gasteiger partial charge in [0.05, 0.1) is 12.8 Å². The van der Waals surface area contributed by atoms with Gasteiger partial charge < -0.3 is 0 Å². The molecule has 9 heavy (non-hydrogen) atoms. The van der Waals surface area contributed by atoms with Gasteiger partial charge in [0.25, 0.3) is 6.55 Å². The minimum Gasteiger partial charge on any atom is -0.242 e. The molecule has 5 heteroatoms. The Kier molecular flexibility index (Phi) is 1.94. The van der Waals surface area contributed by atoms with E-state index in [0.717, 1.165) is 4.90 Å². The average Bonchev–Trinajstić information content (AvgIpc) is 2.13. The van der Waals surface area contributed by atoms with Crippen LogP contribution in [-0.2, 0) is 0 Å². The lowest BCUT2D eigenvalue weighted by Gasteiger charge is -2.16. The number of hydrazine groups is 1. The highest BCUT2D eigenvalue weighted by Gasteiger charge is 2.26. The van der Waals surface area contributed by atoms with E-state index in [-0.39, 0.29) is 12.8 Å². The van der Waals surface area contributed by atoms with Gasteiger partial charge in [-0.25, -0.2) is 15.8 Å². The van der Waals surface area contributed by atoms with Crippen LogP contribution in [0.5, 0.6) is 0 Å². The predicted molar refractivity (Wildman–Crippen MR) is 28.4 cm³/mol. The van der Waals surface area contributed by atoms with Crippen molar-refractivity contribution in [3.63, 3.8) is 0 Å². The third kappa shape index (κ3) is 1.35. The largest absolute Gasteiger partial charge is 0.297 e. The van der Waals surface area contributed by atoms with Gasteiger partial charge in [-0.15, -0.1) is 0 Å². The van der Waals surface area contributed by atoms with Crippen LogP contribution in [0, 0.1) is 0 Å². The van der Waals surface area contributed by atoms with E-state index in [1.54, 1.807) is 6.92 Å². The second-order valence-corrected chi connectivity index (χ2v) is 1.95. The van der Waals surface area contributed by atoms with Crippen molar-refractivity contribution in [2.45, 2.75) is 19.6 Å². The highest BCUT2D eigenvalue weighted by molar-refractivity contribution is 4.66. The topological polar surface area (TPSA) is 27.3 Å². The van der Waals surface area contributed by atoms with Crippen LogP contribution in [0.25, 0.3) is 0 Å². The fourth-order valence-electron chi connectivity index (χ4n) is 0.743. The smallest absolute Gasteiger partial charge is 0.242 e. The second kappa shape index (κ2) is 2.55. The molecule has 0 aromatic heterocycles. The summed E-state index contributed by atoms with van der Waals surface area (Å²) in [5.41, 5.74) is 5.25. The minimum absolute atomic E-state index is 0.207. The van der Waals surface area contributed by atoms with Crippen molar-refractivity contribution in [2.75, 3.05) is 6.67 Å². The standard InChI is InChI=1S/C4H9F2N3/c1-3-8-7-2-9(3)4(5)6/h3-4,7-8H,2H2,1H3. The van der Waals surface area contributed by atoms with Crippen LogP contribution in [0.4, 0.5) is 8.78 Å². The molecule has 0 aliphatic carbocycles. The van der Waals surface area contributed by atoms with Crippen LogP contribution in [-0.4, -0.2) is 24.3 Å². The van der Waals surface area contributed by atoms with Crippen molar-refractivity contribution >= 4 is 0 Å². The van der Waals surface area contributed by atoms with E-state index in [4.69, 9.17) is 0 Å². The molecule has 1 saturated heterocycles.